The summed E-state index contributed by atoms with van der Waals surface area (Å²) in [6, 6.07) is 5.55. The predicted octanol–water partition coefficient (Wildman–Crippen LogP) is 3.14. The molecule has 1 heterocycles. The Balaban J connectivity index is 2.50. The molecule has 24 heavy (non-hydrogen) atoms. The molecule has 1 atom stereocenters. The summed E-state index contributed by atoms with van der Waals surface area (Å²) in [6.07, 6.45) is 1.91. The van der Waals surface area contributed by atoms with Crippen LogP contribution in [0.25, 0.3) is 0 Å². The van der Waals surface area contributed by atoms with E-state index in [0.29, 0.717) is 11.1 Å². The lowest BCUT2D eigenvalue weighted by atomic mass is 9.96. The zero-order chi connectivity index (χ0) is 17.9. The molecule has 0 radical (unpaired) electrons. The number of carbonyl (C=O) groups is 1. The Morgan fingerprint density at radius 1 is 1.42 bits per heavy atom. The molecule has 0 aliphatic carbocycles. The van der Waals surface area contributed by atoms with E-state index in [9.17, 15) is 14.9 Å². The van der Waals surface area contributed by atoms with Gasteiger partial charge in [0.05, 0.1) is 17.1 Å². The molecule has 8 heteroatoms. The van der Waals surface area contributed by atoms with Gasteiger partial charge in [0, 0.05) is 24.9 Å². The van der Waals surface area contributed by atoms with Gasteiger partial charge >= 0.3 is 5.97 Å². The van der Waals surface area contributed by atoms with Gasteiger partial charge in [0.15, 0.2) is 5.17 Å². The van der Waals surface area contributed by atoms with Crippen LogP contribution in [0.5, 0.6) is 0 Å². The Bertz CT molecular complexity index is 713. The number of hydrogen-bond acceptors (Lipinski definition) is 7. The van der Waals surface area contributed by atoms with Crippen LogP contribution in [0.3, 0.4) is 0 Å². The summed E-state index contributed by atoms with van der Waals surface area (Å²) in [5.74, 6) is -0.422. The summed E-state index contributed by atoms with van der Waals surface area (Å²) in [4.78, 5) is 29.3. The summed E-state index contributed by atoms with van der Waals surface area (Å²) in [5.41, 5.74) is 1.92. The fourth-order valence-corrected chi connectivity index (χ4v) is 3.08. The van der Waals surface area contributed by atoms with Crippen LogP contribution in [0.4, 0.5) is 5.69 Å². The molecule has 0 N–H and O–H groups in total. The molecule has 1 aliphatic rings. The van der Waals surface area contributed by atoms with E-state index in [1.165, 1.54) is 23.9 Å². The molecule has 0 saturated heterocycles. The Morgan fingerprint density at radius 2 is 2.04 bits per heavy atom. The summed E-state index contributed by atoms with van der Waals surface area (Å²) < 4.78 is 5.17. The van der Waals surface area contributed by atoms with Crippen molar-refractivity contribution in [2.24, 2.45) is 4.99 Å². The molecule has 0 saturated carbocycles. The van der Waals surface area contributed by atoms with Gasteiger partial charge in [-0.3, -0.25) is 10.1 Å². The quantitative estimate of drug-likeness (QED) is 0.472. The number of aliphatic imine (C=N–C) groups is 1. The van der Waals surface area contributed by atoms with Crippen molar-refractivity contribution < 1.29 is 14.5 Å². The molecule has 0 aromatic heterocycles. The van der Waals surface area contributed by atoms with Gasteiger partial charge in [0.25, 0.3) is 5.69 Å². The van der Waals surface area contributed by atoms with Crippen molar-refractivity contribution in [1.29, 1.82) is 0 Å². The van der Waals surface area contributed by atoms with Crippen molar-refractivity contribution in [2.45, 2.75) is 19.9 Å². The van der Waals surface area contributed by atoms with Crippen LogP contribution >= 0.6 is 11.8 Å². The lowest BCUT2D eigenvalue weighted by molar-refractivity contribution is -0.384. The van der Waals surface area contributed by atoms with E-state index in [-0.39, 0.29) is 12.3 Å². The molecule has 2 rings (SSSR count). The number of hydrogen-bond donors (Lipinski definition) is 0. The minimum atomic E-state index is -0.538. The molecule has 0 fully saturated rings. The summed E-state index contributed by atoms with van der Waals surface area (Å²) >= 11 is 1.47. The average Bonchev–Trinajstić information content (AvgIpc) is 2.57. The van der Waals surface area contributed by atoms with Crippen LogP contribution in [-0.4, -0.2) is 40.9 Å². The standard InChI is InChI=1S/C16H19N3O4S/c1-5-23-15(20)13-10(2)18(3)16(24-4)17-14(13)11-6-8-12(9-7-11)19(21)22/h6-9,14H,5H2,1-4H3/t14-/m1/s1. The van der Waals surface area contributed by atoms with E-state index < -0.39 is 16.9 Å². The average molecular weight is 349 g/mol. The minimum absolute atomic E-state index is 0.000802. The predicted molar refractivity (Wildman–Crippen MR) is 93.9 cm³/mol. The highest BCUT2D eigenvalue weighted by atomic mass is 32.2. The Kier molecular flexibility index (Phi) is 5.61. The van der Waals surface area contributed by atoms with Crippen molar-refractivity contribution in [3.05, 3.63) is 51.2 Å². The number of ether oxygens (including phenoxy) is 1. The van der Waals surface area contributed by atoms with Crippen LogP contribution in [0.1, 0.15) is 25.5 Å². The molecular formula is C16H19N3O4S. The maximum Gasteiger partial charge on any atom is 0.338 e. The van der Waals surface area contributed by atoms with Crippen LogP contribution in [0.15, 0.2) is 40.5 Å². The number of benzene rings is 1. The van der Waals surface area contributed by atoms with E-state index in [1.807, 2.05) is 25.1 Å². The van der Waals surface area contributed by atoms with Crippen LogP contribution in [-0.2, 0) is 9.53 Å². The van der Waals surface area contributed by atoms with Crippen molar-refractivity contribution in [1.82, 2.24) is 4.90 Å². The number of thioether (sulfide) groups is 1. The number of non-ortho nitro benzene ring substituents is 1. The zero-order valence-corrected chi connectivity index (χ0v) is 14.8. The first kappa shape index (κ1) is 18.0. The molecule has 1 aromatic carbocycles. The van der Waals surface area contributed by atoms with Gasteiger partial charge in [0.1, 0.15) is 6.04 Å². The largest absolute Gasteiger partial charge is 0.463 e. The lowest BCUT2D eigenvalue weighted by Gasteiger charge is -2.31. The number of nitro groups is 1. The van der Waals surface area contributed by atoms with E-state index in [0.717, 1.165) is 10.9 Å². The second-order valence-corrected chi connectivity index (χ2v) is 5.92. The Hall–Kier alpha value is -2.35. The van der Waals surface area contributed by atoms with Crippen molar-refractivity contribution in [3.63, 3.8) is 0 Å². The fourth-order valence-electron chi connectivity index (χ4n) is 2.46. The number of carbonyl (C=O) groups excluding carboxylic acids is 1. The maximum absolute atomic E-state index is 12.4. The van der Waals surface area contributed by atoms with Gasteiger partial charge in [0.2, 0.25) is 0 Å². The molecule has 0 spiro atoms. The minimum Gasteiger partial charge on any atom is -0.463 e. The number of allylic oxidation sites excluding steroid dienone is 1. The van der Waals surface area contributed by atoms with Gasteiger partial charge < -0.3 is 9.64 Å². The number of nitrogens with zero attached hydrogens (tertiary/aromatic N) is 3. The second kappa shape index (κ2) is 7.48. The van der Waals surface area contributed by atoms with Crippen molar-refractivity contribution >= 4 is 28.6 Å². The van der Waals surface area contributed by atoms with Crippen LogP contribution < -0.4 is 0 Å². The highest BCUT2D eigenvalue weighted by molar-refractivity contribution is 8.13. The summed E-state index contributed by atoms with van der Waals surface area (Å²) in [6.45, 7) is 3.86. The maximum atomic E-state index is 12.4. The topological polar surface area (TPSA) is 85.0 Å². The van der Waals surface area contributed by atoms with Gasteiger partial charge in [-0.15, -0.1) is 0 Å². The normalized spacial score (nSPS) is 17.6. The highest BCUT2D eigenvalue weighted by Gasteiger charge is 2.32. The van der Waals surface area contributed by atoms with Crippen LogP contribution in [0, 0.1) is 10.1 Å². The van der Waals surface area contributed by atoms with E-state index in [1.54, 1.807) is 19.1 Å². The third kappa shape index (κ3) is 3.43. The van der Waals surface area contributed by atoms with Gasteiger partial charge in [-0.25, -0.2) is 9.79 Å². The Labute approximate surface area is 144 Å². The first-order chi connectivity index (χ1) is 11.4. The molecule has 0 unspecified atom stereocenters. The SMILES string of the molecule is CCOC(=O)C1=C(C)N(C)C(SC)=N[C@@H]1c1ccc([N+](=O)[O-])cc1. The third-order valence-corrected chi connectivity index (χ3v) is 4.53. The molecule has 0 amide bonds. The van der Waals surface area contributed by atoms with Crippen molar-refractivity contribution in [2.75, 3.05) is 19.9 Å². The van der Waals surface area contributed by atoms with E-state index >= 15 is 0 Å². The summed E-state index contributed by atoms with van der Waals surface area (Å²) in [5, 5.41) is 11.6. The van der Waals surface area contributed by atoms with Gasteiger partial charge in [-0.1, -0.05) is 11.8 Å². The summed E-state index contributed by atoms with van der Waals surface area (Å²) in [7, 11) is 1.84. The number of esters is 1. The first-order valence-corrected chi connectivity index (χ1v) is 8.60. The van der Waals surface area contributed by atoms with Gasteiger partial charge in [-0.2, -0.15) is 0 Å². The first-order valence-electron chi connectivity index (χ1n) is 7.38. The Morgan fingerprint density at radius 3 is 2.54 bits per heavy atom. The lowest BCUT2D eigenvalue weighted by Crippen LogP contribution is -2.32. The van der Waals surface area contributed by atoms with Crippen LogP contribution in [0.2, 0.25) is 0 Å². The van der Waals surface area contributed by atoms with E-state index in [4.69, 9.17) is 4.74 Å². The van der Waals surface area contributed by atoms with Crippen molar-refractivity contribution in [3.8, 4) is 0 Å². The number of rotatable bonds is 4. The molecular weight excluding hydrogens is 330 g/mol. The second-order valence-electron chi connectivity index (χ2n) is 5.15. The zero-order valence-electron chi connectivity index (χ0n) is 14.0. The van der Waals surface area contributed by atoms with E-state index in [2.05, 4.69) is 4.99 Å². The molecule has 1 aliphatic heterocycles. The molecule has 1 aromatic rings. The molecule has 0 bridgehead atoms. The van der Waals surface area contributed by atoms with Gasteiger partial charge in [-0.05, 0) is 37.8 Å². The fraction of sp³-hybridized carbons (Fsp3) is 0.375. The third-order valence-electron chi connectivity index (χ3n) is 3.79. The highest BCUT2D eigenvalue weighted by Crippen LogP contribution is 2.36. The number of nitro benzene ring substituents is 1. The number of amidine groups is 1. The monoisotopic (exact) mass is 349 g/mol. The molecule has 128 valence electrons. The smallest absolute Gasteiger partial charge is 0.338 e. The molecule has 7 nitrogen and oxygen atoms in total.